The second-order valence-corrected chi connectivity index (χ2v) is 5.14. The van der Waals surface area contributed by atoms with Crippen molar-refractivity contribution in [2.45, 2.75) is 46.0 Å². The van der Waals surface area contributed by atoms with E-state index in [1.165, 1.54) is 13.5 Å². The molecule has 0 aromatic carbocycles. The van der Waals surface area contributed by atoms with Crippen LogP contribution >= 0.6 is 0 Å². The summed E-state index contributed by atoms with van der Waals surface area (Å²) in [6.45, 7) is 4.91. The van der Waals surface area contributed by atoms with Crippen LogP contribution < -0.4 is 0 Å². The Morgan fingerprint density at radius 2 is 1.89 bits per heavy atom. The van der Waals surface area contributed by atoms with E-state index in [4.69, 9.17) is 4.74 Å². The highest BCUT2D eigenvalue weighted by Crippen LogP contribution is 2.25. The number of amides is 1. The lowest BCUT2D eigenvalue weighted by Gasteiger charge is -2.29. The molecule has 0 aromatic rings. The molecular weight excluding hydrogens is 230 g/mol. The highest BCUT2D eigenvalue weighted by Gasteiger charge is 2.27. The lowest BCUT2D eigenvalue weighted by Crippen LogP contribution is -2.41. The molecule has 0 radical (unpaired) electrons. The zero-order valence-electron chi connectivity index (χ0n) is 11.8. The number of carbonyl (C=O) groups is 2. The summed E-state index contributed by atoms with van der Waals surface area (Å²) >= 11 is 0. The molecule has 0 saturated heterocycles. The van der Waals surface area contributed by atoms with E-state index < -0.39 is 0 Å². The summed E-state index contributed by atoms with van der Waals surface area (Å²) in [5, 5.41) is 0. The summed E-state index contributed by atoms with van der Waals surface area (Å²) in [4.78, 5) is 25.6. The largest absolute Gasteiger partial charge is 0.469 e. The number of rotatable bonds is 5. The Kier molecular flexibility index (Phi) is 6.16. The molecule has 1 unspecified atom stereocenters. The fourth-order valence-corrected chi connectivity index (χ4v) is 2.59. The predicted molar refractivity (Wildman–Crippen MR) is 70.0 cm³/mol. The van der Waals surface area contributed by atoms with Gasteiger partial charge in [0.15, 0.2) is 0 Å². The second kappa shape index (κ2) is 7.39. The second-order valence-electron chi connectivity index (χ2n) is 5.14. The summed E-state index contributed by atoms with van der Waals surface area (Å²) in [5.41, 5.74) is 0. The van der Waals surface area contributed by atoms with Crippen LogP contribution in [0.4, 0.5) is 0 Å². The van der Waals surface area contributed by atoms with E-state index in [-0.39, 0.29) is 23.7 Å². The third-order valence-electron chi connectivity index (χ3n) is 3.75. The summed E-state index contributed by atoms with van der Waals surface area (Å²) in [7, 11) is 1.39. The van der Waals surface area contributed by atoms with Crippen molar-refractivity contribution in [1.29, 1.82) is 0 Å². The molecule has 4 heteroatoms. The molecule has 4 nitrogen and oxygen atoms in total. The van der Waals surface area contributed by atoms with Crippen LogP contribution in [-0.4, -0.2) is 37.0 Å². The van der Waals surface area contributed by atoms with Crippen molar-refractivity contribution < 1.29 is 14.3 Å². The highest BCUT2D eigenvalue weighted by atomic mass is 16.5. The molecule has 0 aliphatic heterocycles. The third kappa shape index (κ3) is 4.00. The highest BCUT2D eigenvalue weighted by molar-refractivity contribution is 5.80. The molecule has 18 heavy (non-hydrogen) atoms. The van der Waals surface area contributed by atoms with Gasteiger partial charge in [-0.05, 0) is 19.8 Å². The van der Waals surface area contributed by atoms with Crippen molar-refractivity contribution in [2.24, 2.45) is 11.8 Å². The Morgan fingerprint density at radius 3 is 2.39 bits per heavy atom. The Balaban J connectivity index is 2.53. The Morgan fingerprint density at radius 1 is 1.28 bits per heavy atom. The fraction of sp³-hybridized carbons (Fsp3) is 0.857. The van der Waals surface area contributed by atoms with Gasteiger partial charge in [0.1, 0.15) is 0 Å². The van der Waals surface area contributed by atoms with Gasteiger partial charge in [-0.2, -0.15) is 0 Å². The maximum atomic E-state index is 12.3. The van der Waals surface area contributed by atoms with E-state index in [9.17, 15) is 9.59 Å². The van der Waals surface area contributed by atoms with Gasteiger partial charge in [-0.3, -0.25) is 9.59 Å². The van der Waals surface area contributed by atoms with Crippen molar-refractivity contribution >= 4 is 11.9 Å². The van der Waals surface area contributed by atoms with Crippen molar-refractivity contribution in [2.75, 3.05) is 20.2 Å². The number of hydrogen-bond donors (Lipinski definition) is 0. The molecule has 1 fully saturated rings. The van der Waals surface area contributed by atoms with Crippen LogP contribution in [0.15, 0.2) is 0 Å². The van der Waals surface area contributed by atoms with Gasteiger partial charge >= 0.3 is 5.97 Å². The topological polar surface area (TPSA) is 46.6 Å². The summed E-state index contributed by atoms with van der Waals surface area (Å²) in [5.74, 6) is -0.108. The Bertz CT molecular complexity index is 285. The summed E-state index contributed by atoms with van der Waals surface area (Å²) in [6, 6.07) is 0. The lowest BCUT2D eigenvalue weighted by atomic mass is 9.88. The van der Waals surface area contributed by atoms with Gasteiger partial charge in [0, 0.05) is 19.0 Å². The molecule has 1 aliphatic carbocycles. The van der Waals surface area contributed by atoms with Gasteiger partial charge < -0.3 is 9.64 Å². The maximum absolute atomic E-state index is 12.3. The van der Waals surface area contributed by atoms with Crippen molar-refractivity contribution in [3.05, 3.63) is 0 Å². The van der Waals surface area contributed by atoms with Crippen LogP contribution in [0.3, 0.4) is 0 Å². The zero-order valence-corrected chi connectivity index (χ0v) is 11.8. The van der Waals surface area contributed by atoms with Crippen LogP contribution in [0, 0.1) is 11.8 Å². The van der Waals surface area contributed by atoms with Crippen molar-refractivity contribution in [3.8, 4) is 0 Å². The van der Waals surface area contributed by atoms with Crippen LogP contribution in [0.2, 0.25) is 0 Å². The maximum Gasteiger partial charge on any atom is 0.310 e. The Hall–Kier alpha value is -1.06. The Labute approximate surface area is 110 Å². The number of hydrogen-bond acceptors (Lipinski definition) is 3. The van der Waals surface area contributed by atoms with E-state index in [0.29, 0.717) is 13.1 Å². The average molecular weight is 255 g/mol. The van der Waals surface area contributed by atoms with Gasteiger partial charge in [0.25, 0.3) is 0 Å². The molecule has 104 valence electrons. The monoisotopic (exact) mass is 255 g/mol. The van der Waals surface area contributed by atoms with Crippen LogP contribution in [0.1, 0.15) is 46.0 Å². The average Bonchev–Trinajstić information content (AvgIpc) is 2.43. The third-order valence-corrected chi connectivity index (χ3v) is 3.75. The standard InChI is InChI=1S/C14H25NO3/c1-4-15(10-11(2)14(17)18-3)13(16)12-8-6-5-7-9-12/h11-12H,4-10H2,1-3H3. The first-order chi connectivity index (χ1) is 8.60. The number of methoxy groups -OCH3 is 1. The van der Waals surface area contributed by atoms with Gasteiger partial charge in [0.2, 0.25) is 5.91 Å². The molecule has 0 bridgehead atoms. The SMILES string of the molecule is CCN(CC(C)C(=O)OC)C(=O)C1CCCCC1. The van der Waals surface area contributed by atoms with E-state index >= 15 is 0 Å². The van der Waals surface area contributed by atoms with Crippen LogP contribution in [0.5, 0.6) is 0 Å². The first-order valence-corrected chi connectivity index (χ1v) is 6.96. The predicted octanol–water partition coefficient (Wildman–Crippen LogP) is 2.22. The summed E-state index contributed by atoms with van der Waals surface area (Å²) < 4.78 is 4.71. The smallest absolute Gasteiger partial charge is 0.310 e. The first kappa shape index (κ1) is 15.0. The van der Waals surface area contributed by atoms with E-state index in [2.05, 4.69) is 0 Å². The van der Waals surface area contributed by atoms with E-state index in [1.807, 2.05) is 13.8 Å². The van der Waals surface area contributed by atoms with Gasteiger partial charge in [-0.1, -0.05) is 26.2 Å². The summed E-state index contributed by atoms with van der Waals surface area (Å²) in [6.07, 6.45) is 5.55. The minimum Gasteiger partial charge on any atom is -0.469 e. The minimum atomic E-state index is -0.248. The number of nitrogens with zero attached hydrogens (tertiary/aromatic N) is 1. The van der Waals surface area contributed by atoms with Crippen LogP contribution in [0.25, 0.3) is 0 Å². The molecule has 1 amide bonds. The van der Waals surface area contributed by atoms with Crippen molar-refractivity contribution in [1.82, 2.24) is 4.90 Å². The number of esters is 1. The van der Waals surface area contributed by atoms with Gasteiger partial charge in [-0.15, -0.1) is 0 Å². The quantitative estimate of drug-likeness (QED) is 0.708. The lowest BCUT2D eigenvalue weighted by molar-refractivity contribution is -0.147. The molecule has 1 saturated carbocycles. The zero-order chi connectivity index (χ0) is 13.5. The molecule has 1 atom stereocenters. The first-order valence-electron chi connectivity index (χ1n) is 6.96. The molecule has 1 rings (SSSR count). The molecular formula is C14H25NO3. The molecule has 0 aromatic heterocycles. The fourth-order valence-electron chi connectivity index (χ4n) is 2.59. The number of ether oxygens (including phenoxy) is 1. The normalized spacial score (nSPS) is 18.2. The van der Waals surface area contributed by atoms with E-state index in [1.54, 1.807) is 4.90 Å². The van der Waals surface area contributed by atoms with Crippen molar-refractivity contribution in [3.63, 3.8) is 0 Å². The number of carbonyl (C=O) groups excluding carboxylic acids is 2. The minimum absolute atomic E-state index is 0.170. The molecule has 0 spiro atoms. The van der Waals surface area contributed by atoms with Gasteiger partial charge in [0.05, 0.1) is 13.0 Å². The molecule has 0 N–H and O–H groups in total. The van der Waals surface area contributed by atoms with Crippen LogP contribution in [-0.2, 0) is 14.3 Å². The van der Waals surface area contributed by atoms with E-state index in [0.717, 1.165) is 25.7 Å². The molecule has 1 aliphatic rings. The molecule has 0 heterocycles. The van der Waals surface area contributed by atoms with Gasteiger partial charge in [-0.25, -0.2) is 0 Å².